The first-order chi connectivity index (χ1) is 8.50. The molecular formula is C11H23N5OS. The number of methoxy groups -OCH3 is 1. The lowest BCUT2D eigenvalue weighted by molar-refractivity contribution is 0.195. The number of hydrogen-bond donors (Lipinski definition) is 1. The van der Waals surface area contributed by atoms with E-state index < -0.39 is 0 Å². The topological polar surface area (TPSA) is 64.9 Å². The van der Waals surface area contributed by atoms with E-state index in [4.69, 9.17) is 4.74 Å². The molecule has 1 atom stereocenters. The van der Waals surface area contributed by atoms with Crippen LogP contribution in [0.25, 0.3) is 0 Å². The van der Waals surface area contributed by atoms with Crippen molar-refractivity contribution in [2.24, 2.45) is 0 Å². The molecule has 1 rings (SSSR count). The number of rotatable bonds is 8. The van der Waals surface area contributed by atoms with Crippen molar-refractivity contribution < 1.29 is 4.74 Å². The average Bonchev–Trinajstić information content (AvgIpc) is 2.76. The summed E-state index contributed by atoms with van der Waals surface area (Å²) >= 11 is 1.81. The molecule has 0 aliphatic carbocycles. The van der Waals surface area contributed by atoms with Crippen LogP contribution in [0.15, 0.2) is 0 Å². The highest BCUT2D eigenvalue weighted by Gasteiger charge is 2.22. The van der Waals surface area contributed by atoms with Crippen LogP contribution in [-0.4, -0.2) is 51.5 Å². The lowest BCUT2D eigenvalue weighted by atomic mass is 10.2. The predicted molar refractivity (Wildman–Crippen MR) is 73.7 cm³/mol. The van der Waals surface area contributed by atoms with Gasteiger partial charge in [0.2, 0.25) is 0 Å². The van der Waals surface area contributed by atoms with E-state index in [-0.39, 0.29) is 10.8 Å². The summed E-state index contributed by atoms with van der Waals surface area (Å²) in [7, 11) is 1.69. The molecule has 18 heavy (non-hydrogen) atoms. The third-order valence-electron chi connectivity index (χ3n) is 2.79. The zero-order chi connectivity index (χ0) is 13.6. The summed E-state index contributed by atoms with van der Waals surface area (Å²) in [5.41, 5.74) is 0. The Hall–Kier alpha value is -0.660. The lowest BCUT2D eigenvalue weighted by Crippen LogP contribution is -2.29. The molecule has 7 heteroatoms. The molecule has 0 spiro atoms. The predicted octanol–water partition coefficient (Wildman–Crippen LogP) is 1.11. The third kappa shape index (κ3) is 4.55. The first-order valence-corrected chi connectivity index (χ1v) is 7.26. The molecule has 0 aliphatic heterocycles. The van der Waals surface area contributed by atoms with Crippen LogP contribution >= 0.6 is 11.8 Å². The van der Waals surface area contributed by atoms with Crippen molar-refractivity contribution in [2.45, 2.75) is 38.1 Å². The molecule has 1 aromatic heterocycles. The number of tetrazole rings is 1. The van der Waals surface area contributed by atoms with E-state index in [9.17, 15) is 0 Å². The Balaban J connectivity index is 2.64. The number of thioether (sulfide) groups is 1. The smallest absolute Gasteiger partial charge is 0.167 e. The van der Waals surface area contributed by atoms with Crippen molar-refractivity contribution in [2.75, 3.05) is 26.5 Å². The maximum absolute atomic E-state index is 5.01. The van der Waals surface area contributed by atoms with Gasteiger partial charge in [0.15, 0.2) is 5.82 Å². The normalized spacial score (nSPS) is 13.8. The van der Waals surface area contributed by atoms with Gasteiger partial charge in [-0.1, -0.05) is 0 Å². The van der Waals surface area contributed by atoms with Crippen molar-refractivity contribution in [1.29, 1.82) is 0 Å². The van der Waals surface area contributed by atoms with E-state index in [1.165, 1.54) is 0 Å². The van der Waals surface area contributed by atoms with E-state index in [0.29, 0.717) is 6.61 Å². The fourth-order valence-electron chi connectivity index (χ4n) is 1.53. The number of nitrogens with one attached hydrogen (secondary N) is 1. The van der Waals surface area contributed by atoms with Crippen molar-refractivity contribution in [3.63, 3.8) is 0 Å². The van der Waals surface area contributed by atoms with Crippen molar-refractivity contribution in [3.8, 4) is 0 Å². The zero-order valence-electron chi connectivity index (χ0n) is 11.8. The van der Waals surface area contributed by atoms with Gasteiger partial charge >= 0.3 is 0 Å². The maximum Gasteiger partial charge on any atom is 0.167 e. The molecule has 1 N–H and O–H groups in total. The molecule has 0 saturated heterocycles. The number of ether oxygens (including phenoxy) is 1. The minimum atomic E-state index is 0.118. The Bertz CT molecular complexity index is 355. The molecule has 0 aromatic carbocycles. The lowest BCUT2D eigenvalue weighted by Gasteiger charge is -2.23. The summed E-state index contributed by atoms with van der Waals surface area (Å²) in [5, 5.41) is 15.3. The first-order valence-electron chi connectivity index (χ1n) is 6.03. The Morgan fingerprint density at radius 1 is 1.50 bits per heavy atom. The molecule has 1 aromatic rings. The highest BCUT2D eigenvalue weighted by atomic mass is 32.2. The van der Waals surface area contributed by atoms with Crippen LogP contribution in [0.5, 0.6) is 0 Å². The Morgan fingerprint density at radius 2 is 2.22 bits per heavy atom. The van der Waals surface area contributed by atoms with E-state index in [1.807, 2.05) is 16.4 Å². The monoisotopic (exact) mass is 273 g/mol. The Kier molecular flexibility index (Phi) is 6.04. The van der Waals surface area contributed by atoms with Gasteiger partial charge in [-0.05, 0) is 37.5 Å². The van der Waals surface area contributed by atoms with Crippen molar-refractivity contribution in [3.05, 3.63) is 5.82 Å². The molecule has 104 valence electrons. The SMILES string of the molecule is COCCNC(C)c1nnnn1CC(C)(C)SC. The van der Waals surface area contributed by atoms with Gasteiger partial charge in [0.05, 0.1) is 19.2 Å². The van der Waals surface area contributed by atoms with Crippen molar-refractivity contribution >= 4 is 11.8 Å². The first kappa shape index (κ1) is 15.4. The van der Waals surface area contributed by atoms with Gasteiger partial charge in [0.25, 0.3) is 0 Å². The maximum atomic E-state index is 5.01. The molecule has 1 heterocycles. The molecule has 0 fully saturated rings. The number of hydrogen-bond acceptors (Lipinski definition) is 6. The Morgan fingerprint density at radius 3 is 2.83 bits per heavy atom. The minimum Gasteiger partial charge on any atom is -0.383 e. The van der Waals surface area contributed by atoms with Crippen LogP contribution in [0, 0.1) is 0 Å². The van der Waals surface area contributed by atoms with E-state index in [1.54, 1.807) is 7.11 Å². The summed E-state index contributed by atoms with van der Waals surface area (Å²) in [5.74, 6) is 0.869. The number of aromatic nitrogens is 4. The molecule has 0 bridgehead atoms. The standard InChI is InChI=1S/C11H23N5OS/c1-9(12-6-7-17-4)10-13-14-15-16(10)8-11(2,3)18-5/h9,12H,6-8H2,1-5H3. The second-order valence-corrected chi connectivity index (χ2v) is 6.34. The van der Waals surface area contributed by atoms with Gasteiger partial charge in [-0.2, -0.15) is 11.8 Å². The van der Waals surface area contributed by atoms with Crippen LogP contribution in [-0.2, 0) is 11.3 Å². The number of nitrogens with zero attached hydrogens (tertiary/aromatic N) is 4. The van der Waals surface area contributed by atoms with Crippen LogP contribution in [0.4, 0.5) is 0 Å². The minimum absolute atomic E-state index is 0.118. The molecule has 1 unspecified atom stereocenters. The van der Waals surface area contributed by atoms with Gasteiger partial charge in [0, 0.05) is 18.4 Å². The fraction of sp³-hybridized carbons (Fsp3) is 0.909. The summed E-state index contributed by atoms with van der Waals surface area (Å²) in [4.78, 5) is 0. The quantitative estimate of drug-likeness (QED) is 0.716. The van der Waals surface area contributed by atoms with Gasteiger partial charge in [0.1, 0.15) is 0 Å². The van der Waals surface area contributed by atoms with E-state index >= 15 is 0 Å². The van der Waals surface area contributed by atoms with E-state index in [2.05, 4.69) is 47.9 Å². The molecule has 0 radical (unpaired) electrons. The molecule has 0 aliphatic rings. The molecule has 0 amide bonds. The fourth-order valence-corrected chi connectivity index (χ4v) is 1.78. The van der Waals surface area contributed by atoms with Crippen LogP contribution in [0.3, 0.4) is 0 Å². The van der Waals surface area contributed by atoms with Crippen LogP contribution < -0.4 is 5.32 Å². The highest BCUT2D eigenvalue weighted by Crippen LogP contribution is 2.23. The Labute approximate surface area is 113 Å². The highest BCUT2D eigenvalue weighted by molar-refractivity contribution is 7.99. The van der Waals surface area contributed by atoms with Gasteiger partial charge in [-0.25, -0.2) is 4.68 Å². The summed E-state index contributed by atoms with van der Waals surface area (Å²) in [6, 6.07) is 0.118. The second-order valence-electron chi connectivity index (χ2n) is 4.83. The van der Waals surface area contributed by atoms with Crippen LogP contribution in [0.1, 0.15) is 32.6 Å². The van der Waals surface area contributed by atoms with E-state index in [0.717, 1.165) is 18.9 Å². The third-order valence-corrected chi connectivity index (χ3v) is 4.02. The average molecular weight is 273 g/mol. The molecule has 0 saturated carbocycles. The van der Waals surface area contributed by atoms with Gasteiger partial charge in [-0.3, -0.25) is 0 Å². The van der Waals surface area contributed by atoms with Gasteiger partial charge in [-0.15, -0.1) is 5.10 Å². The second kappa shape index (κ2) is 7.06. The van der Waals surface area contributed by atoms with Crippen molar-refractivity contribution in [1.82, 2.24) is 25.5 Å². The largest absolute Gasteiger partial charge is 0.383 e. The molecule has 6 nitrogen and oxygen atoms in total. The van der Waals surface area contributed by atoms with Gasteiger partial charge < -0.3 is 10.1 Å². The zero-order valence-corrected chi connectivity index (χ0v) is 12.6. The summed E-state index contributed by atoms with van der Waals surface area (Å²) in [6.45, 7) is 8.70. The molecular weight excluding hydrogens is 250 g/mol. The summed E-state index contributed by atoms with van der Waals surface area (Å²) < 4.78 is 7.01. The summed E-state index contributed by atoms with van der Waals surface area (Å²) in [6.07, 6.45) is 2.10. The van der Waals surface area contributed by atoms with Crippen LogP contribution in [0.2, 0.25) is 0 Å².